The van der Waals surface area contributed by atoms with Crippen molar-refractivity contribution in [3.63, 3.8) is 0 Å². The van der Waals surface area contributed by atoms with Gasteiger partial charge in [-0.05, 0) is 85.8 Å². The summed E-state index contributed by atoms with van der Waals surface area (Å²) in [6.07, 6.45) is 0. The van der Waals surface area contributed by atoms with Crippen molar-refractivity contribution in [1.29, 1.82) is 0 Å². The largest absolute Gasteiger partial charge is 0.309 e. The van der Waals surface area contributed by atoms with Crippen LogP contribution in [0.5, 0.6) is 0 Å². The van der Waals surface area contributed by atoms with Crippen LogP contribution in [0.1, 0.15) is 0 Å². The number of anilines is 3. The van der Waals surface area contributed by atoms with E-state index in [0.29, 0.717) is 0 Å². The minimum Gasteiger partial charge on any atom is -0.309 e. The van der Waals surface area contributed by atoms with Crippen molar-refractivity contribution in [3.8, 4) is 44.5 Å². The van der Waals surface area contributed by atoms with Crippen molar-refractivity contribution >= 4 is 70.1 Å². The van der Waals surface area contributed by atoms with Crippen LogP contribution in [0, 0.1) is 0 Å². The maximum absolute atomic E-state index is 2.46. The summed E-state index contributed by atoms with van der Waals surface area (Å²) in [7, 11) is 0. The number of hydrogen-bond donors (Lipinski definition) is 0. The molecule has 272 valence electrons. The molecule has 1 heterocycles. The van der Waals surface area contributed by atoms with Crippen molar-refractivity contribution in [3.05, 3.63) is 224 Å². The Morgan fingerprint density at radius 1 is 0.293 bits per heavy atom. The molecular weight excluding hydrogens is 719 g/mol. The van der Waals surface area contributed by atoms with Crippen LogP contribution in [-0.4, -0.2) is 0 Å². The van der Waals surface area contributed by atoms with Gasteiger partial charge in [-0.15, -0.1) is 11.3 Å². The highest BCUT2D eigenvalue weighted by molar-refractivity contribution is 7.26. The summed E-state index contributed by atoms with van der Waals surface area (Å²) >= 11 is 1.88. The molecular formula is C56H37NS. The van der Waals surface area contributed by atoms with Gasteiger partial charge in [0, 0.05) is 42.6 Å². The monoisotopic (exact) mass is 755 g/mol. The molecule has 0 unspecified atom stereocenters. The first kappa shape index (κ1) is 34.0. The third-order valence-electron chi connectivity index (χ3n) is 11.5. The van der Waals surface area contributed by atoms with Crippen molar-refractivity contribution in [1.82, 2.24) is 0 Å². The van der Waals surface area contributed by atoms with Gasteiger partial charge in [0.2, 0.25) is 0 Å². The molecule has 1 aromatic heterocycles. The third kappa shape index (κ3) is 5.94. The maximum Gasteiger partial charge on any atom is 0.0540 e. The first-order chi connectivity index (χ1) is 28.8. The van der Waals surface area contributed by atoms with Crippen molar-refractivity contribution in [2.24, 2.45) is 0 Å². The lowest BCUT2D eigenvalue weighted by Gasteiger charge is -2.30. The van der Waals surface area contributed by atoms with Crippen molar-refractivity contribution in [2.75, 3.05) is 4.90 Å². The minimum absolute atomic E-state index is 1.10. The normalized spacial score (nSPS) is 11.4. The molecule has 0 saturated heterocycles. The van der Waals surface area contributed by atoms with Gasteiger partial charge in [-0.1, -0.05) is 188 Å². The van der Waals surface area contributed by atoms with Crippen molar-refractivity contribution < 1.29 is 0 Å². The molecule has 10 aromatic carbocycles. The summed E-state index contributed by atoms with van der Waals surface area (Å²) in [5, 5.41) is 7.61. The Kier molecular flexibility index (Phi) is 8.42. The zero-order chi connectivity index (χ0) is 38.4. The lowest BCUT2D eigenvalue weighted by molar-refractivity contribution is 1.28. The van der Waals surface area contributed by atoms with Gasteiger partial charge in [-0.2, -0.15) is 0 Å². The van der Waals surface area contributed by atoms with E-state index < -0.39 is 0 Å². The Bertz CT molecular complexity index is 3280. The van der Waals surface area contributed by atoms with Gasteiger partial charge in [0.15, 0.2) is 0 Å². The lowest BCUT2D eigenvalue weighted by Crippen LogP contribution is -2.12. The van der Waals surface area contributed by atoms with Crippen LogP contribution >= 0.6 is 11.3 Å². The topological polar surface area (TPSA) is 3.24 Å². The van der Waals surface area contributed by atoms with Crippen LogP contribution in [0.3, 0.4) is 0 Å². The van der Waals surface area contributed by atoms with Crippen LogP contribution in [0.4, 0.5) is 17.1 Å². The van der Waals surface area contributed by atoms with Crippen molar-refractivity contribution in [2.45, 2.75) is 0 Å². The zero-order valence-electron chi connectivity index (χ0n) is 31.7. The van der Waals surface area contributed by atoms with E-state index in [-0.39, 0.29) is 0 Å². The summed E-state index contributed by atoms with van der Waals surface area (Å²) in [5.41, 5.74) is 13.0. The number of thiophene rings is 1. The second-order valence-electron chi connectivity index (χ2n) is 14.9. The Balaban J connectivity index is 1.06. The molecule has 0 radical (unpaired) electrons. The van der Waals surface area contributed by atoms with E-state index >= 15 is 0 Å². The molecule has 2 heteroatoms. The number of para-hydroxylation sites is 2. The average molecular weight is 756 g/mol. The van der Waals surface area contributed by atoms with E-state index in [1.165, 1.54) is 86.2 Å². The number of benzene rings is 10. The predicted molar refractivity (Wildman–Crippen MR) is 251 cm³/mol. The molecule has 11 rings (SSSR count). The summed E-state index contributed by atoms with van der Waals surface area (Å²) in [4.78, 5) is 2.46. The van der Waals surface area contributed by atoms with Gasteiger partial charge in [0.25, 0.3) is 0 Å². The van der Waals surface area contributed by atoms with Gasteiger partial charge >= 0.3 is 0 Å². The summed E-state index contributed by atoms with van der Waals surface area (Å²) in [5.74, 6) is 0. The molecule has 11 aromatic rings. The molecule has 0 bridgehead atoms. The van der Waals surface area contributed by atoms with Gasteiger partial charge in [-0.25, -0.2) is 0 Å². The Morgan fingerprint density at radius 3 is 1.62 bits per heavy atom. The van der Waals surface area contributed by atoms with E-state index in [0.717, 1.165) is 17.1 Å². The molecule has 0 fully saturated rings. The average Bonchev–Trinajstić information content (AvgIpc) is 3.69. The fourth-order valence-electron chi connectivity index (χ4n) is 8.66. The molecule has 0 saturated carbocycles. The smallest absolute Gasteiger partial charge is 0.0540 e. The van der Waals surface area contributed by atoms with E-state index in [1.54, 1.807) is 0 Å². The zero-order valence-corrected chi connectivity index (χ0v) is 32.5. The Hall–Kier alpha value is -7.26. The molecule has 58 heavy (non-hydrogen) atoms. The highest BCUT2D eigenvalue weighted by Gasteiger charge is 2.22. The van der Waals surface area contributed by atoms with E-state index in [1.807, 2.05) is 11.3 Å². The minimum atomic E-state index is 1.10. The fourth-order valence-corrected chi connectivity index (χ4v) is 9.89. The quantitative estimate of drug-likeness (QED) is 0.157. The Morgan fingerprint density at radius 2 is 0.810 bits per heavy atom. The second-order valence-corrected chi connectivity index (χ2v) is 15.9. The molecule has 0 aliphatic rings. The number of nitrogens with zero attached hydrogens (tertiary/aromatic N) is 1. The maximum atomic E-state index is 2.46. The lowest BCUT2D eigenvalue weighted by atomic mass is 9.95. The number of rotatable bonds is 7. The molecule has 0 N–H and O–H groups in total. The number of hydrogen-bond acceptors (Lipinski definition) is 2. The highest BCUT2D eigenvalue weighted by Crippen LogP contribution is 2.48. The molecule has 0 atom stereocenters. The SMILES string of the molecule is c1ccc(N(c2ccc(-c3ccc(-c4cccc5ccccc45)cc3)cc2)c2ccccc2-c2cccc3c2sc2ccccc23)c(-c2ccc3ccccc3c2)c1. The van der Waals surface area contributed by atoms with Gasteiger partial charge in [-0.3, -0.25) is 0 Å². The van der Waals surface area contributed by atoms with Gasteiger partial charge < -0.3 is 4.90 Å². The van der Waals surface area contributed by atoms with Crippen LogP contribution in [0.15, 0.2) is 224 Å². The van der Waals surface area contributed by atoms with Gasteiger partial charge in [0.1, 0.15) is 0 Å². The summed E-state index contributed by atoms with van der Waals surface area (Å²) < 4.78 is 2.61. The molecule has 0 aliphatic heterocycles. The fraction of sp³-hybridized carbons (Fsp3) is 0. The first-order valence-corrected chi connectivity index (χ1v) is 20.7. The molecule has 0 amide bonds. The van der Waals surface area contributed by atoms with Crippen LogP contribution < -0.4 is 4.90 Å². The first-order valence-electron chi connectivity index (χ1n) is 19.8. The summed E-state index contributed by atoms with van der Waals surface area (Å²) in [6.45, 7) is 0. The predicted octanol–water partition coefficient (Wildman–Crippen LogP) is 16.5. The van der Waals surface area contributed by atoms with E-state index in [4.69, 9.17) is 0 Å². The standard InChI is InChI=1S/C56H37NS/c1-2-15-43-37-44(32-29-38(43)13-1)48-18-5-8-24-53(48)57(54-25-9-6-19-49(54)51-22-12-23-52-50-20-7-10-26-55(50)58-56(51)52)45-35-33-40(34-36-45)39-27-30-42(31-28-39)47-21-11-16-41-14-3-4-17-46(41)47/h1-37H. The molecule has 0 aliphatic carbocycles. The van der Waals surface area contributed by atoms with Crippen LogP contribution in [-0.2, 0) is 0 Å². The number of fused-ring (bicyclic) bond motifs is 5. The third-order valence-corrected chi connectivity index (χ3v) is 12.7. The highest BCUT2D eigenvalue weighted by atomic mass is 32.1. The van der Waals surface area contributed by atoms with E-state index in [9.17, 15) is 0 Å². The Labute approximate surface area is 342 Å². The molecule has 1 nitrogen and oxygen atoms in total. The second kappa shape index (κ2) is 14.4. The van der Waals surface area contributed by atoms with Gasteiger partial charge in [0.05, 0.1) is 11.4 Å². The van der Waals surface area contributed by atoms with E-state index in [2.05, 4.69) is 229 Å². The van der Waals surface area contributed by atoms with Crippen LogP contribution in [0.2, 0.25) is 0 Å². The van der Waals surface area contributed by atoms with Crippen LogP contribution in [0.25, 0.3) is 86.2 Å². The summed E-state index contributed by atoms with van der Waals surface area (Å²) in [6, 6.07) is 81.9. The molecule has 0 spiro atoms.